The van der Waals surface area contributed by atoms with Gasteiger partial charge in [-0.1, -0.05) is 0 Å². The molecule has 2 aromatic heterocycles. The van der Waals surface area contributed by atoms with Crippen LogP contribution in [-0.2, 0) is 17.6 Å². The van der Waals surface area contributed by atoms with Crippen LogP contribution in [0.2, 0.25) is 0 Å². The molecule has 8 heteroatoms. The van der Waals surface area contributed by atoms with E-state index < -0.39 is 0 Å². The minimum atomic E-state index is -0.256. The molecule has 0 aromatic carbocycles. The summed E-state index contributed by atoms with van der Waals surface area (Å²) >= 11 is 1.45. The highest BCUT2D eigenvalue weighted by molar-refractivity contribution is 7.14. The summed E-state index contributed by atoms with van der Waals surface area (Å²) in [6, 6.07) is 7.89. The van der Waals surface area contributed by atoms with Gasteiger partial charge < -0.3 is 9.80 Å². The first-order valence-corrected chi connectivity index (χ1v) is 9.43. The van der Waals surface area contributed by atoms with Crippen LogP contribution in [0.3, 0.4) is 0 Å². The third kappa shape index (κ3) is 4.39. The van der Waals surface area contributed by atoms with Crippen LogP contribution in [0.15, 0.2) is 30.5 Å². The Hall–Kier alpha value is -2.45. The first-order chi connectivity index (χ1) is 12.6. The summed E-state index contributed by atoms with van der Waals surface area (Å²) in [5.41, 5.74) is 4.26. The molecule has 2 amide bonds. The quantitative estimate of drug-likeness (QED) is 0.467. The van der Waals surface area contributed by atoms with Crippen molar-refractivity contribution in [2.24, 2.45) is 5.84 Å². The number of pyridine rings is 1. The Kier molecular flexibility index (Phi) is 5.85. The number of hydrogen-bond acceptors (Lipinski definition) is 6. The summed E-state index contributed by atoms with van der Waals surface area (Å²) in [5, 5.41) is 0. The molecule has 1 aliphatic heterocycles. The number of nitrogens with zero attached hydrogens (tertiary/aromatic N) is 3. The van der Waals surface area contributed by atoms with Crippen LogP contribution < -0.4 is 16.2 Å². The molecule has 0 unspecified atom stereocenters. The number of hydrazine groups is 1. The molecule has 2 aromatic rings. The highest BCUT2D eigenvalue weighted by atomic mass is 32.1. The van der Waals surface area contributed by atoms with Crippen LogP contribution in [0, 0.1) is 0 Å². The van der Waals surface area contributed by atoms with Crippen molar-refractivity contribution in [2.45, 2.75) is 19.8 Å². The first kappa shape index (κ1) is 18.3. The smallest absolute Gasteiger partial charge is 0.275 e. The number of nitrogens with one attached hydrogen (secondary N) is 1. The second-order valence-corrected chi connectivity index (χ2v) is 7.41. The third-order valence-corrected chi connectivity index (χ3v) is 5.69. The van der Waals surface area contributed by atoms with E-state index in [1.165, 1.54) is 11.3 Å². The van der Waals surface area contributed by atoms with Crippen molar-refractivity contribution in [3.8, 4) is 0 Å². The zero-order chi connectivity index (χ0) is 18.5. The summed E-state index contributed by atoms with van der Waals surface area (Å²) in [6.45, 7) is 4.80. The van der Waals surface area contributed by atoms with Gasteiger partial charge in [-0.3, -0.25) is 20.0 Å². The Bertz CT molecular complexity index is 766. The number of carbonyl (C=O) groups is 2. The molecular formula is C18H23N5O2S. The van der Waals surface area contributed by atoms with E-state index >= 15 is 0 Å². The summed E-state index contributed by atoms with van der Waals surface area (Å²) in [7, 11) is 0. The molecule has 0 spiro atoms. The van der Waals surface area contributed by atoms with Gasteiger partial charge in [-0.25, -0.2) is 5.84 Å². The summed E-state index contributed by atoms with van der Waals surface area (Å²) in [5.74, 6) is 5.03. The number of anilines is 1. The third-order valence-electron chi connectivity index (χ3n) is 4.54. The number of aromatic nitrogens is 1. The van der Waals surface area contributed by atoms with Crippen molar-refractivity contribution in [2.75, 3.05) is 31.1 Å². The van der Waals surface area contributed by atoms with Crippen LogP contribution in [0.5, 0.6) is 0 Å². The fourth-order valence-corrected chi connectivity index (χ4v) is 3.90. The average molecular weight is 373 g/mol. The Balaban J connectivity index is 1.52. The van der Waals surface area contributed by atoms with Gasteiger partial charge in [0, 0.05) is 43.7 Å². The van der Waals surface area contributed by atoms with Crippen LogP contribution in [-0.4, -0.2) is 47.9 Å². The van der Waals surface area contributed by atoms with Crippen LogP contribution in [0.25, 0.3) is 0 Å². The number of aryl methyl sites for hydroxylation is 2. The number of nitrogens with two attached hydrogens (primary N) is 1. The van der Waals surface area contributed by atoms with Crippen molar-refractivity contribution in [1.29, 1.82) is 0 Å². The first-order valence-electron chi connectivity index (χ1n) is 8.62. The van der Waals surface area contributed by atoms with Crippen molar-refractivity contribution in [1.82, 2.24) is 15.3 Å². The SMILES string of the molecule is CC(=O)N1CCN(c2ccc(CCc3ccc(C(=O)NN)s3)nc2)CC1. The van der Waals surface area contributed by atoms with E-state index in [0.29, 0.717) is 4.88 Å². The lowest BCUT2D eigenvalue weighted by atomic mass is 10.2. The van der Waals surface area contributed by atoms with Gasteiger partial charge in [-0.05, 0) is 37.1 Å². The molecule has 0 aliphatic carbocycles. The Morgan fingerprint density at radius 2 is 1.92 bits per heavy atom. The molecule has 26 heavy (non-hydrogen) atoms. The highest BCUT2D eigenvalue weighted by Crippen LogP contribution is 2.20. The maximum Gasteiger partial charge on any atom is 0.275 e. The zero-order valence-corrected chi connectivity index (χ0v) is 15.6. The van der Waals surface area contributed by atoms with E-state index in [1.807, 2.05) is 23.2 Å². The van der Waals surface area contributed by atoms with E-state index in [4.69, 9.17) is 5.84 Å². The Morgan fingerprint density at radius 1 is 1.15 bits per heavy atom. The normalized spacial score (nSPS) is 14.4. The number of piperazine rings is 1. The molecule has 3 N–H and O–H groups in total. The lowest BCUT2D eigenvalue weighted by Crippen LogP contribution is -2.48. The zero-order valence-electron chi connectivity index (χ0n) is 14.8. The maximum absolute atomic E-state index is 11.5. The molecule has 0 atom stereocenters. The van der Waals surface area contributed by atoms with Crippen LogP contribution in [0.1, 0.15) is 27.2 Å². The molecule has 1 fully saturated rings. The number of nitrogen functional groups attached to an aromatic ring is 1. The van der Waals surface area contributed by atoms with Gasteiger partial charge in [0.15, 0.2) is 0 Å². The van der Waals surface area contributed by atoms with Crippen LogP contribution in [0.4, 0.5) is 5.69 Å². The molecular weight excluding hydrogens is 350 g/mol. The van der Waals surface area contributed by atoms with Gasteiger partial charge in [0.2, 0.25) is 5.91 Å². The van der Waals surface area contributed by atoms with Gasteiger partial charge in [0.25, 0.3) is 5.91 Å². The molecule has 0 saturated carbocycles. The minimum Gasteiger partial charge on any atom is -0.367 e. The molecule has 1 saturated heterocycles. The second-order valence-electron chi connectivity index (χ2n) is 6.24. The van der Waals surface area contributed by atoms with Crippen molar-refractivity contribution >= 4 is 28.8 Å². The molecule has 3 rings (SSSR count). The largest absolute Gasteiger partial charge is 0.367 e. The summed E-state index contributed by atoms with van der Waals surface area (Å²) < 4.78 is 0. The fraction of sp³-hybridized carbons (Fsp3) is 0.389. The summed E-state index contributed by atoms with van der Waals surface area (Å²) in [6.07, 6.45) is 3.56. The number of thiophene rings is 1. The Morgan fingerprint density at radius 3 is 2.54 bits per heavy atom. The number of rotatable bonds is 5. The molecule has 138 valence electrons. The van der Waals surface area contributed by atoms with Crippen molar-refractivity contribution in [3.63, 3.8) is 0 Å². The van der Waals surface area contributed by atoms with E-state index in [-0.39, 0.29) is 11.8 Å². The molecule has 3 heterocycles. The fourth-order valence-electron chi connectivity index (χ4n) is 2.99. The van der Waals surface area contributed by atoms with Gasteiger partial charge in [0.1, 0.15) is 0 Å². The lowest BCUT2D eigenvalue weighted by molar-refractivity contribution is -0.129. The Labute approximate surface area is 156 Å². The van der Waals surface area contributed by atoms with Gasteiger partial charge in [-0.2, -0.15) is 0 Å². The lowest BCUT2D eigenvalue weighted by Gasteiger charge is -2.35. The molecule has 7 nitrogen and oxygen atoms in total. The molecule has 0 radical (unpaired) electrons. The topological polar surface area (TPSA) is 91.6 Å². The summed E-state index contributed by atoms with van der Waals surface area (Å²) in [4.78, 5) is 33.3. The van der Waals surface area contributed by atoms with E-state index in [1.54, 1.807) is 13.0 Å². The van der Waals surface area contributed by atoms with E-state index in [2.05, 4.69) is 21.4 Å². The van der Waals surface area contributed by atoms with Gasteiger partial charge in [-0.15, -0.1) is 11.3 Å². The number of carbonyl (C=O) groups excluding carboxylic acids is 2. The van der Waals surface area contributed by atoms with Gasteiger partial charge >= 0.3 is 0 Å². The second kappa shape index (κ2) is 8.29. The standard InChI is InChI=1S/C18H23N5O2S/c1-13(24)22-8-10-23(11-9-22)15-4-2-14(20-12-15)3-5-16-6-7-17(26-16)18(25)21-19/h2,4,6-7,12H,3,5,8-11,19H2,1H3,(H,21,25). The number of amides is 2. The van der Waals surface area contributed by atoms with E-state index in [9.17, 15) is 9.59 Å². The monoisotopic (exact) mass is 373 g/mol. The molecule has 0 bridgehead atoms. The van der Waals surface area contributed by atoms with Crippen molar-refractivity contribution in [3.05, 3.63) is 45.9 Å². The average Bonchev–Trinajstić information content (AvgIpc) is 3.15. The van der Waals surface area contributed by atoms with Crippen molar-refractivity contribution < 1.29 is 9.59 Å². The van der Waals surface area contributed by atoms with Gasteiger partial charge in [0.05, 0.1) is 16.8 Å². The number of hydrogen-bond donors (Lipinski definition) is 2. The van der Waals surface area contributed by atoms with E-state index in [0.717, 1.165) is 55.3 Å². The predicted molar refractivity (Wildman–Crippen MR) is 102 cm³/mol. The minimum absolute atomic E-state index is 0.138. The van der Waals surface area contributed by atoms with Crippen LogP contribution >= 0.6 is 11.3 Å². The predicted octanol–water partition coefficient (Wildman–Crippen LogP) is 1.20. The highest BCUT2D eigenvalue weighted by Gasteiger charge is 2.18. The molecule has 1 aliphatic rings. The maximum atomic E-state index is 11.5.